The summed E-state index contributed by atoms with van der Waals surface area (Å²) in [5, 5.41) is 0. The van der Waals surface area contributed by atoms with Crippen LogP contribution in [0.25, 0.3) is 0 Å². The summed E-state index contributed by atoms with van der Waals surface area (Å²) in [4.78, 5) is 38.2. The molecule has 0 saturated heterocycles. The van der Waals surface area contributed by atoms with Crippen molar-refractivity contribution in [2.45, 2.75) is 297 Å². The third-order valence-corrected chi connectivity index (χ3v) is 12.7. The van der Waals surface area contributed by atoms with Crippen LogP contribution in [-0.4, -0.2) is 37.2 Å². The number of carbonyl (C=O) groups is 3. The Morgan fingerprint density at radius 2 is 0.536 bits per heavy atom. The highest BCUT2D eigenvalue weighted by molar-refractivity contribution is 5.71. The minimum atomic E-state index is -0.800. The van der Waals surface area contributed by atoms with Gasteiger partial charge in [0, 0.05) is 19.3 Å². The smallest absolute Gasteiger partial charge is 0.306 e. The van der Waals surface area contributed by atoms with Crippen LogP contribution in [0.5, 0.6) is 0 Å². The van der Waals surface area contributed by atoms with Crippen LogP contribution in [0, 0.1) is 0 Å². The van der Waals surface area contributed by atoms with E-state index in [0.29, 0.717) is 19.3 Å². The first-order valence-electron chi connectivity index (χ1n) is 29.4. The first-order chi connectivity index (χ1) is 34.0. The van der Waals surface area contributed by atoms with E-state index in [1.165, 1.54) is 180 Å². The minimum absolute atomic E-state index is 0.0942. The molecule has 0 aliphatic heterocycles. The Balaban J connectivity index is 4.44. The summed E-state index contributed by atoms with van der Waals surface area (Å²) in [5.41, 5.74) is 0. The zero-order valence-corrected chi connectivity index (χ0v) is 45.6. The van der Waals surface area contributed by atoms with Gasteiger partial charge in [0.25, 0.3) is 0 Å². The van der Waals surface area contributed by atoms with Crippen LogP contribution in [0.15, 0.2) is 72.9 Å². The predicted octanol–water partition coefficient (Wildman–Crippen LogP) is 19.8. The summed E-state index contributed by atoms with van der Waals surface area (Å²) >= 11 is 0. The average molecular weight is 964 g/mol. The third kappa shape index (κ3) is 55.6. The van der Waals surface area contributed by atoms with Crippen molar-refractivity contribution in [3.05, 3.63) is 72.9 Å². The summed E-state index contributed by atoms with van der Waals surface area (Å²) in [6.07, 6.45) is 73.2. The third-order valence-electron chi connectivity index (χ3n) is 12.7. The number of rotatable bonds is 53. The van der Waals surface area contributed by atoms with Gasteiger partial charge >= 0.3 is 17.9 Å². The molecule has 0 aromatic heterocycles. The van der Waals surface area contributed by atoms with Gasteiger partial charge in [0.15, 0.2) is 6.10 Å². The standard InChI is InChI=1S/C63H110O6/c1-4-7-10-13-16-19-22-25-28-30-31-33-36-38-41-44-47-50-53-56-62(65)68-59-60(69-63(66)57-54-51-48-45-42-39-34-27-24-21-18-15-12-9-6-3)58-67-61(64)55-52-49-46-43-40-37-35-32-29-26-23-20-17-14-11-8-5-2/h16,19,21,24-26,28-29,35,37,43,46,60H,4-15,17-18,20,22-23,27,30-34,36,38-42,44-45,47-59H2,1-3H3/b19-16-,24-21-,28-25-,29-26-,37-35-,46-43-/t60-/m0/s1. The summed E-state index contributed by atoms with van der Waals surface area (Å²) in [7, 11) is 0. The lowest BCUT2D eigenvalue weighted by molar-refractivity contribution is -0.167. The van der Waals surface area contributed by atoms with Gasteiger partial charge in [-0.1, -0.05) is 235 Å². The topological polar surface area (TPSA) is 78.9 Å². The van der Waals surface area contributed by atoms with Crippen LogP contribution < -0.4 is 0 Å². The molecule has 0 aromatic carbocycles. The highest BCUT2D eigenvalue weighted by atomic mass is 16.6. The molecule has 0 spiro atoms. The van der Waals surface area contributed by atoms with Crippen LogP contribution in [0.1, 0.15) is 290 Å². The molecule has 0 fully saturated rings. The largest absolute Gasteiger partial charge is 0.462 e. The number of esters is 3. The van der Waals surface area contributed by atoms with E-state index in [-0.39, 0.29) is 37.5 Å². The Morgan fingerprint density at radius 1 is 0.290 bits per heavy atom. The first-order valence-corrected chi connectivity index (χ1v) is 29.4. The number of hydrogen-bond donors (Lipinski definition) is 0. The summed E-state index contributed by atoms with van der Waals surface area (Å²) in [6.45, 7) is 6.57. The fourth-order valence-electron chi connectivity index (χ4n) is 8.19. The molecule has 69 heavy (non-hydrogen) atoms. The maximum absolute atomic E-state index is 12.9. The van der Waals surface area contributed by atoms with Crippen molar-refractivity contribution in [3.63, 3.8) is 0 Å². The summed E-state index contributed by atoms with van der Waals surface area (Å²) in [5.74, 6) is -0.948. The predicted molar refractivity (Wildman–Crippen MR) is 298 cm³/mol. The average Bonchev–Trinajstić information content (AvgIpc) is 3.35. The molecule has 0 aliphatic carbocycles. The Bertz CT molecular complexity index is 1290. The maximum Gasteiger partial charge on any atom is 0.306 e. The highest BCUT2D eigenvalue weighted by Gasteiger charge is 2.19. The van der Waals surface area contributed by atoms with Crippen molar-refractivity contribution in [1.82, 2.24) is 0 Å². The van der Waals surface area contributed by atoms with Crippen LogP contribution in [0.4, 0.5) is 0 Å². The van der Waals surface area contributed by atoms with Gasteiger partial charge in [-0.25, -0.2) is 0 Å². The maximum atomic E-state index is 12.9. The molecular weight excluding hydrogens is 853 g/mol. The Kier molecular flexibility index (Phi) is 54.8. The molecule has 0 N–H and O–H groups in total. The normalized spacial score (nSPS) is 12.6. The SMILES string of the molecule is CCCCC/C=C\C/C=C\CCCCCCCCCCCC(=O)OC[C@H](COC(=O)CCC/C=C\C/C=C\C/C=C\CCCCCCCC)OC(=O)CCCCCCCCC/C=C\CCCCCC. The lowest BCUT2D eigenvalue weighted by Crippen LogP contribution is -2.30. The second kappa shape index (κ2) is 57.4. The lowest BCUT2D eigenvalue weighted by atomic mass is 10.1. The van der Waals surface area contributed by atoms with E-state index in [9.17, 15) is 14.4 Å². The molecule has 6 heteroatoms. The molecule has 0 heterocycles. The molecule has 0 radical (unpaired) electrons. The molecule has 0 bridgehead atoms. The monoisotopic (exact) mass is 963 g/mol. The Morgan fingerprint density at radius 3 is 0.928 bits per heavy atom. The van der Waals surface area contributed by atoms with Crippen molar-refractivity contribution in [2.24, 2.45) is 0 Å². The lowest BCUT2D eigenvalue weighted by Gasteiger charge is -2.18. The van der Waals surface area contributed by atoms with Crippen LogP contribution >= 0.6 is 0 Å². The molecule has 1 atom stereocenters. The van der Waals surface area contributed by atoms with Gasteiger partial charge in [-0.2, -0.15) is 0 Å². The highest BCUT2D eigenvalue weighted by Crippen LogP contribution is 2.15. The van der Waals surface area contributed by atoms with Crippen LogP contribution in [-0.2, 0) is 28.6 Å². The summed E-state index contributed by atoms with van der Waals surface area (Å²) in [6, 6.07) is 0. The van der Waals surface area contributed by atoms with Crippen molar-refractivity contribution in [2.75, 3.05) is 13.2 Å². The number of hydrogen-bond acceptors (Lipinski definition) is 6. The molecule has 0 saturated carbocycles. The van der Waals surface area contributed by atoms with Gasteiger partial charge < -0.3 is 14.2 Å². The van der Waals surface area contributed by atoms with Gasteiger partial charge in [0.05, 0.1) is 0 Å². The van der Waals surface area contributed by atoms with Gasteiger partial charge in [-0.15, -0.1) is 0 Å². The van der Waals surface area contributed by atoms with Crippen molar-refractivity contribution in [3.8, 4) is 0 Å². The second-order valence-corrected chi connectivity index (χ2v) is 19.5. The van der Waals surface area contributed by atoms with E-state index >= 15 is 0 Å². The zero-order chi connectivity index (χ0) is 50.0. The van der Waals surface area contributed by atoms with E-state index in [2.05, 4.69) is 93.7 Å². The molecule has 6 nitrogen and oxygen atoms in total. The Labute approximate surface area is 427 Å². The first kappa shape index (κ1) is 65.8. The van der Waals surface area contributed by atoms with Crippen molar-refractivity contribution < 1.29 is 28.6 Å². The van der Waals surface area contributed by atoms with Gasteiger partial charge in [0.2, 0.25) is 0 Å². The van der Waals surface area contributed by atoms with E-state index in [4.69, 9.17) is 14.2 Å². The molecule has 398 valence electrons. The molecule has 0 aromatic rings. The number of allylic oxidation sites excluding steroid dienone is 12. The van der Waals surface area contributed by atoms with E-state index < -0.39 is 6.10 Å². The van der Waals surface area contributed by atoms with E-state index in [1.807, 2.05) is 0 Å². The zero-order valence-electron chi connectivity index (χ0n) is 45.6. The molecule has 0 aliphatic rings. The van der Waals surface area contributed by atoms with Gasteiger partial charge in [0.1, 0.15) is 13.2 Å². The fraction of sp³-hybridized carbons (Fsp3) is 0.762. The quantitative estimate of drug-likeness (QED) is 0.0262. The Hall–Kier alpha value is -3.15. The molecule has 0 rings (SSSR count). The van der Waals surface area contributed by atoms with Gasteiger partial charge in [-0.3, -0.25) is 14.4 Å². The number of unbranched alkanes of at least 4 members (excludes halogenated alkanes) is 30. The second-order valence-electron chi connectivity index (χ2n) is 19.5. The van der Waals surface area contributed by atoms with Crippen LogP contribution in [0.3, 0.4) is 0 Å². The number of ether oxygens (including phenoxy) is 3. The molecular formula is C63H110O6. The van der Waals surface area contributed by atoms with Crippen molar-refractivity contribution in [1.29, 1.82) is 0 Å². The van der Waals surface area contributed by atoms with E-state index in [1.54, 1.807) is 0 Å². The van der Waals surface area contributed by atoms with Crippen LogP contribution in [0.2, 0.25) is 0 Å². The van der Waals surface area contributed by atoms with Crippen molar-refractivity contribution >= 4 is 17.9 Å². The summed E-state index contributed by atoms with van der Waals surface area (Å²) < 4.78 is 16.8. The molecule has 0 amide bonds. The van der Waals surface area contributed by atoms with Gasteiger partial charge in [-0.05, 0) is 109 Å². The van der Waals surface area contributed by atoms with E-state index in [0.717, 1.165) is 64.2 Å². The fourth-order valence-corrected chi connectivity index (χ4v) is 8.19. The molecule has 0 unspecified atom stereocenters. The number of carbonyl (C=O) groups excluding carboxylic acids is 3. The minimum Gasteiger partial charge on any atom is -0.462 e.